The van der Waals surface area contributed by atoms with Crippen LogP contribution in [-0.2, 0) is 0 Å². The quantitative estimate of drug-likeness (QED) is 0.520. The zero-order valence-electron chi connectivity index (χ0n) is 7.41. The summed E-state index contributed by atoms with van der Waals surface area (Å²) in [5.74, 6) is 0. The highest BCUT2D eigenvalue weighted by Gasteiger charge is 1.91. The van der Waals surface area contributed by atoms with Crippen LogP contribution >= 0.6 is 0 Å². The van der Waals surface area contributed by atoms with Crippen molar-refractivity contribution in [2.24, 2.45) is 0 Å². The fourth-order valence-electron chi connectivity index (χ4n) is 0.939. The Morgan fingerprint density at radius 1 is 1.40 bits per heavy atom. The second-order valence-electron chi connectivity index (χ2n) is 2.65. The van der Waals surface area contributed by atoms with Crippen molar-refractivity contribution in [3.8, 4) is 0 Å². The van der Waals surface area contributed by atoms with Crippen LogP contribution in [0.25, 0.3) is 0 Å². The standard InChI is InChI=1S/C10H18/c1-5-7-8-10(6-2)9(3)4/h8H,3,5-7H2,1-2,4H3. The van der Waals surface area contributed by atoms with Gasteiger partial charge in [0.1, 0.15) is 0 Å². The summed E-state index contributed by atoms with van der Waals surface area (Å²) in [7, 11) is 0. The highest BCUT2D eigenvalue weighted by Crippen LogP contribution is 2.11. The fourth-order valence-corrected chi connectivity index (χ4v) is 0.939. The molecule has 0 radical (unpaired) electrons. The lowest BCUT2D eigenvalue weighted by molar-refractivity contribution is 0.937. The largest absolute Gasteiger partial charge is 0.0958 e. The van der Waals surface area contributed by atoms with E-state index in [0.29, 0.717) is 0 Å². The molecule has 0 rings (SSSR count). The van der Waals surface area contributed by atoms with Gasteiger partial charge in [0.2, 0.25) is 0 Å². The molecule has 0 unspecified atom stereocenters. The van der Waals surface area contributed by atoms with E-state index < -0.39 is 0 Å². The van der Waals surface area contributed by atoms with Gasteiger partial charge in [0, 0.05) is 0 Å². The Morgan fingerprint density at radius 2 is 2.00 bits per heavy atom. The smallest absolute Gasteiger partial charge is 0.0308 e. The maximum atomic E-state index is 3.91. The van der Waals surface area contributed by atoms with Gasteiger partial charge >= 0.3 is 0 Å². The molecule has 0 aromatic carbocycles. The van der Waals surface area contributed by atoms with E-state index in [0.717, 1.165) is 6.42 Å². The summed E-state index contributed by atoms with van der Waals surface area (Å²) in [4.78, 5) is 0. The van der Waals surface area contributed by atoms with Crippen molar-refractivity contribution in [3.05, 3.63) is 23.8 Å². The first-order valence-electron chi connectivity index (χ1n) is 4.07. The lowest BCUT2D eigenvalue weighted by Gasteiger charge is -2.01. The summed E-state index contributed by atoms with van der Waals surface area (Å²) in [6.45, 7) is 10.4. The predicted octanol–water partition coefficient (Wildman–Crippen LogP) is 3.70. The molecule has 0 aromatic rings. The molecule has 0 nitrogen and oxygen atoms in total. The number of rotatable bonds is 4. The minimum Gasteiger partial charge on any atom is -0.0958 e. The average molecular weight is 138 g/mol. The Hall–Kier alpha value is -0.520. The molecular formula is C10H18. The normalized spacial score (nSPS) is 11.7. The van der Waals surface area contributed by atoms with Gasteiger partial charge in [-0.15, -0.1) is 0 Å². The van der Waals surface area contributed by atoms with Crippen molar-refractivity contribution >= 4 is 0 Å². The molecule has 0 amide bonds. The molecule has 10 heavy (non-hydrogen) atoms. The average Bonchev–Trinajstić information content (AvgIpc) is 1.89. The third-order valence-corrected chi connectivity index (χ3v) is 1.61. The predicted molar refractivity (Wildman–Crippen MR) is 48.1 cm³/mol. The molecule has 0 N–H and O–H groups in total. The van der Waals surface area contributed by atoms with E-state index >= 15 is 0 Å². The summed E-state index contributed by atoms with van der Waals surface area (Å²) < 4.78 is 0. The van der Waals surface area contributed by atoms with Crippen LogP contribution in [0.2, 0.25) is 0 Å². The van der Waals surface area contributed by atoms with Crippen molar-refractivity contribution in [2.75, 3.05) is 0 Å². The Bertz CT molecular complexity index is 129. The number of unbranched alkanes of at least 4 members (excludes halogenated alkanes) is 1. The van der Waals surface area contributed by atoms with Crippen LogP contribution in [0, 0.1) is 0 Å². The molecule has 0 aliphatic rings. The van der Waals surface area contributed by atoms with Crippen LogP contribution in [0.4, 0.5) is 0 Å². The molecule has 0 aliphatic carbocycles. The molecule has 0 heteroatoms. The van der Waals surface area contributed by atoms with E-state index in [4.69, 9.17) is 0 Å². The second kappa shape index (κ2) is 5.28. The van der Waals surface area contributed by atoms with E-state index in [9.17, 15) is 0 Å². The molecule has 0 saturated heterocycles. The zero-order valence-corrected chi connectivity index (χ0v) is 7.41. The van der Waals surface area contributed by atoms with Crippen LogP contribution in [0.15, 0.2) is 23.8 Å². The zero-order chi connectivity index (χ0) is 7.98. The van der Waals surface area contributed by atoms with Crippen LogP contribution in [0.5, 0.6) is 0 Å². The molecular weight excluding hydrogens is 120 g/mol. The molecule has 0 fully saturated rings. The molecule has 0 heterocycles. The van der Waals surface area contributed by atoms with Crippen molar-refractivity contribution in [3.63, 3.8) is 0 Å². The van der Waals surface area contributed by atoms with E-state index in [1.54, 1.807) is 0 Å². The van der Waals surface area contributed by atoms with Crippen LogP contribution in [0.3, 0.4) is 0 Å². The molecule has 58 valence electrons. The maximum absolute atomic E-state index is 3.91. The summed E-state index contributed by atoms with van der Waals surface area (Å²) in [6.07, 6.45) is 5.84. The number of hydrogen-bond donors (Lipinski definition) is 0. The monoisotopic (exact) mass is 138 g/mol. The van der Waals surface area contributed by atoms with Gasteiger partial charge in [-0.25, -0.2) is 0 Å². The van der Waals surface area contributed by atoms with E-state index in [1.807, 2.05) is 0 Å². The topological polar surface area (TPSA) is 0 Å². The fraction of sp³-hybridized carbons (Fsp3) is 0.600. The number of hydrogen-bond acceptors (Lipinski definition) is 0. The second-order valence-corrected chi connectivity index (χ2v) is 2.65. The number of allylic oxidation sites excluding steroid dienone is 3. The minimum absolute atomic E-state index is 1.12. The van der Waals surface area contributed by atoms with Gasteiger partial charge < -0.3 is 0 Å². The van der Waals surface area contributed by atoms with Crippen molar-refractivity contribution in [1.82, 2.24) is 0 Å². The first kappa shape index (κ1) is 9.48. The first-order chi connectivity index (χ1) is 4.72. The lowest BCUT2D eigenvalue weighted by Crippen LogP contribution is -1.81. The van der Waals surface area contributed by atoms with Gasteiger partial charge in [-0.1, -0.05) is 38.5 Å². The molecule has 0 aliphatic heterocycles. The molecule has 0 saturated carbocycles. The van der Waals surface area contributed by atoms with Gasteiger partial charge in [-0.05, 0) is 25.3 Å². The van der Waals surface area contributed by atoms with Gasteiger partial charge in [0.15, 0.2) is 0 Å². The van der Waals surface area contributed by atoms with E-state index in [1.165, 1.54) is 24.0 Å². The Kier molecular flexibility index (Phi) is 5.00. The van der Waals surface area contributed by atoms with Crippen molar-refractivity contribution in [1.29, 1.82) is 0 Å². The summed E-state index contributed by atoms with van der Waals surface area (Å²) >= 11 is 0. The summed E-state index contributed by atoms with van der Waals surface area (Å²) in [6, 6.07) is 0. The van der Waals surface area contributed by atoms with E-state index in [2.05, 4.69) is 33.4 Å². The molecule has 0 bridgehead atoms. The minimum atomic E-state index is 1.12. The van der Waals surface area contributed by atoms with Crippen molar-refractivity contribution < 1.29 is 0 Å². The van der Waals surface area contributed by atoms with Gasteiger partial charge in [-0.2, -0.15) is 0 Å². The molecule has 0 aromatic heterocycles. The Morgan fingerprint density at radius 3 is 2.30 bits per heavy atom. The molecule has 0 atom stereocenters. The van der Waals surface area contributed by atoms with Crippen LogP contribution in [-0.4, -0.2) is 0 Å². The third-order valence-electron chi connectivity index (χ3n) is 1.61. The summed E-state index contributed by atoms with van der Waals surface area (Å²) in [5.41, 5.74) is 2.64. The Labute approximate surface area is 64.6 Å². The first-order valence-corrected chi connectivity index (χ1v) is 4.07. The highest BCUT2D eigenvalue weighted by molar-refractivity contribution is 5.25. The SMILES string of the molecule is C=C(C)C(=CCCC)CC. The van der Waals surface area contributed by atoms with Gasteiger partial charge in [0.05, 0.1) is 0 Å². The lowest BCUT2D eigenvalue weighted by atomic mass is 10.1. The maximum Gasteiger partial charge on any atom is -0.0308 e. The van der Waals surface area contributed by atoms with Gasteiger partial charge in [-0.3, -0.25) is 0 Å². The summed E-state index contributed by atoms with van der Waals surface area (Å²) in [5, 5.41) is 0. The van der Waals surface area contributed by atoms with Gasteiger partial charge in [0.25, 0.3) is 0 Å². The van der Waals surface area contributed by atoms with Crippen LogP contribution in [0.1, 0.15) is 40.0 Å². The highest BCUT2D eigenvalue weighted by atomic mass is 14.0. The third kappa shape index (κ3) is 3.49. The van der Waals surface area contributed by atoms with Crippen LogP contribution < -0.4 is 0 Å². The molecule has 0 spiro atoms. The Balaban J connectivity index is 3.91. The van der Waals surface area contributed by atoms with E-state index in [-0.39, 0.29) is 0 Å². The van der Waals surface area contributed by atoms with Crippen molar-refractivity contribution in [2.45, 2.75) is 40.0 Å².